The van der Waals surface area contributed by atoms with Crippen LogP contribution in [0.15, 0.2) is 72.8 Å². The summed E-state index contributed by atoms with van der Waals surface area (Å²) in [6, 6.07) is 22.4. The van der Waals surface area contributed by atoms with Gasteiger partial charge in [-0.25, -0.2) is 0 Å². The van der Waals surface area contributed by atoms with E-state index in [9.17, 15) is 9.59 Å². The maximum absolute atomic E-state index is 12.8. The van der Waals surface area contributed by atoms with E-state index in [1.165, 1.54) is 5.56 Å². The molecule has 1 atom stereocenters. The van der Waals surface area contributed by atoms with Gasteiger partial charge in [0.2, 0.25) is 11.8 Å². The molecule has 5 nitrogen and oxygen atoms in total. The van der Waals surface area contributed by atoms with Crippen LogP contribution in [0.5, 0.6) is 11.5 Å². The number of rotatable bonds is 4. The highest BCUT2D eigenvalue weighted by atomic mass is 16.5. The van der Waals surface area contributed by atoms with Gasteiger partial charge in [-0.05, 0) is 55.0 Å². The lowest BCUT2D eigenvalue weighted by atomic mass is 9.90. The Labute approximate surface area is 163 Å². The molecule has 0 saturated heterocycles. The van der Waals surface area contributed by atoms with E-state index >= 15 is 0 Å². The van der Waals surface area contributed by atoms with Gasteiger partial charge in [-0.1, -0.05) is 35.9 Å². The molecule has 5 heteroatoms. The second-order valence-corrected chi connectivity index (χ2v) is 6.82. The van der Waals surface area contributed by atoms with Crippen molar-refractivity contribution in [2.75, 3.05) is 10.6 Å². The molecule has 140 valence electrons. The summed E-state index contributed by atoms with van der Waals surface area (Å²) in [5.41, 5.74) is 3.35. The lowest BCUT2D eigenvalue weighted by Gasteiger charge is -2.24. The molecule has 1 heterocycles. The zero-order chi connectivity index (χ0) is 19.5. The van der Waals surface area contributed by atoms with Crippen LogP contribution < -0.4 is 15.4 Å². The third kappa shape index (κ3) is 3.88. The van der Waals surface area contributed by atoms with Crippen molar-refractivity contribution in [3.05, 3.63) is 83.9 Å². The van der Waals surface area contributed by atoms with E-state index in [4.69, 9.17) is 4.74 Å². The fraction of sp³-hybridized carbons (Fsp3) is 0.130. The van der Waals surface area contributed by atoms with Crippen LogP contribution in [0.1, 0.15) is 23.5 Å². The second kappa shape index (κ2) is 7.56. The summed E-state index contributed by atoms with van der Waals surface area (Å²) in [4.78, 5) is 24.7. The number of ether oxygens (including phenoxy) is 1. The molecule has 0 saturated carbocycles. The fourth-order valence-corrected chi connectivity index (χ4v) is 3.22. The normalized spacial score (nSPS) is 15.3. The van der Waals surface area contributed by atoms with Gasteiger partial charge in [0.25, 0.3) is 0 Å². The molecular formula is C23H20N2O3. The van der Waals surface area contributed by atoms with Gasteiger partial charge in [0.1, 0.15) is 11.5 Å². The van der Waals surface area contributed by atoms with Crippen LogP contribution in [0.25, 0.3) is 0 Å². The minimum absolute atomic E-state index is 0.136. The number of carbonyl (C=O) groups is 2. The molecule has 2 amide bonds. The minimum atomic E-state index is -0.506. The Morgan fingerprint density at radius 1 is 0.964 bits per heavy atom. The highest BCUT2D eigenvalue weighted by molar-refractivity contribution is 6.05. The average molecular weight is 372 g/mol. The molecule has 0 aromatic heterocycles. The van der Waals surface area contributed by atoms with E-state index in [0.29, 0.717) is 17.1 Å². The van der Waals surface area contributed by atoms with Crippen molar-refractivity contribution in [3.63, 3.8) is 0 Å². The average Bonchev–Trinajstić information content (AvgIpc) is 2.70. The van der Waals surface area contributed by atoms with Gasteiger partial charge in [-0.15, -0.1) is 0 Å². The van der Waals surface area contributed by atoms with Crippen LogP contribution in [-0.2, 0) is 9.59 Å². The molecule has 4 rings (SSSR count). The maximum atomic E-state index is 12.8. The van der Waals surface area contributed by atoms with Gasteiger partial charge in [0.15, 0.2) is 0 Å². The number of fused-ring (bicyclic) bond motifs is 1. The van der Waals surface area contributed by atoms with Crippen LogP contribution in [0.3, 0.4) is 0 Å². The predicted octanol–water partition coefficient (Wildman–Crippen LogP) is 4.85. The quantitative estimate of drug-likeness (QED) is 0.688. The Balaban J connectivity index is 1.45. The predicted molar refractivity (Wildman–Crippen MR) is 109 cm³/mol. The Kier molecular flexibility index (Phi) is 4.81. The summed E-state index contributed by atoms with van der Waals surface area (Å²) >= 11 is 0. The molecule has 0 radical (unpaired) electrons. The summed E-state index contributed by atoms with van der Waals surface area (Å²) in [5, 5.41) is 5.70. The SMILES string of the molecule is Cc1ccc(Oc2ccc(NC(=O)[C@H]3CC(=O)Nc4ccccc43)cc2)cc1. The van der Waals surface area contributed by atoms with Gasteiger partial charge in [-0.3, -0.25) is 9.59 Å². The molecule has 0 fully saturated rings. The van der Waals surface area contributed by atoms with Crippen LogP contribution in [0.2, 0.25) is 0 Å². The molecule has 0 bridgehead atoms. The standard InChI is InChI=1S/C23H20N2O3/c1-15-6-10-17(11-7-15)28-18-12-8-16(9-13-18)24-23(27)20-14-22(26)25-21-5-3-2-4-19(20)21/h2-13,20H,14H2,1H3,(H,24,27)(H,25,26)/t20-/m0/s1. The van der Waals surface area contributed by atoms with E-state index in [0.717, 1.165) is 11.3 Å². The lowest BCUT2D eigenvalue weighted by Crippen LogP contribution is -2.30. The topological polar surface area (TPSA) is 67.4 Å². The molecule has 1 aliphatic heterocycles. The third-order valence-electron chi connectivity index (χ3n) is 4.69. The largest absolute Gasteiger partial charge is 0.457 e. The molecule has 1 aliphatic rings. The summed E-state index contributed by atoms with van der Waals surface area (Å²) in [5.74, 6) is 0.583. The number of aryl methyl sites for hydroxylation is 1. The van der Waals surface area contributed by atoms with Gasteiger partial charge in [0.05, 0.1) is 5.92 Å². The zero-order valence-electron chi connectivity index (χ0n) is 15.4. The molecule has 0 aliphatic carbocycles. The molecule has 3 aromatic rings. The number of hydrogen-bond acceptors (Lipinski definition) is 3. The summed E-state index contributed by atoms with van der Waals surface area (Å²) in [6.07, 6.45) is 0.136. The number of anilines is 2. The first-order chi connectivity index (χ1) is 13.6. The summed E-state index contributed by atoms with van der Waals surface area (Å²) in [7, 11) is 0. The van der Waals surface area contributed by atoms with Crippen molar-refractivity contribution in [2.45, 2.75) is 19.3 Å². The van der Waals surface area contributed by atoms with E-state index in [1.54, 1.807) is 24.3 Å². The Hall–Kier alpha value is -3.60. The van der Waals surface area contributed by atoms with Crippen LogP contribution in [-0.4, -0.2) is 11.8 Å². The lowest BCUT2D eigenvalue weighted by molar-refractivity contribution is -0.123. The highest BCUT2D eigenvalue weighted by Crippen LogP contribution is 2.33. The third-order valence-corrected chi connectivity index (χ3v) is 4.69. The summed E-state index contributed by atoms with van der Waals surface area (Å²) in [6.45, 7) is 2.02. The van der Waals surface area contributed by atoms with Crippen molar-refractivity contribution >= 4 is 23.2 Å². The second-order valence-electron chi connectivity index (χ2n) is 6.82. The van der Waals surface area contributed by atoms with Gasteiger partial charge < -0.3 is 15.4 Å². The number of para-hydroxylation sites is 1. The molecule has 0 spiro atoms. The molecule has 0 unspecified atom stereocenters. The van der Waals surface area contributed by atoms with Crippen molar-refractivity contribution in [1.29, 1.82) is 0 Å². The Morgan fingerprint density at radius 3 is 2.32 bits per heavy atom. The van der Waals surface area contributed by atoms with E-state index in [-0.39, 0.29) is 18.2 Å². The van der Waals surface area contributed by atoms with E-state index in [1.807, 2.05) is 55.5 Å². The summed E-state index contributed by atoms with van der Waals surface area (Å²) < 4.78 is 5.80. The van der Waals surface area contributed by atoms with Crippen LogP contribution in [0, 0.1) is 6.92 Å². The molecule has 2 N–H and O–H groups in total. The number of amides is 2. The first kappa shape index (κ1) is 17.8. The van der Waals surface area contributed by atoms with Gasteiger partial charge in [0, 0.05) is 17.8 Å². The van der Waals surface area contributed by atoms with Gasteiger partial charge >= 0.3 is 0 Å². The van der Waals surface area contributed by atoms with Crippen molar-refractivity contribution in [2.24, 2.45) is 0 Å². The highest BCUT2D eigenvalue weighted by Gasteiger charge is 2.30. The first-order valence-corrected chi connectivity index (χ1v) is 9.13. The maximum Gasteiger partial charge on any atom is 0.232 e. The van der Waals surface area contributed by atoms with Gasteiger partial charge in [-0.2, -0.15) is 0 Å². The Bertz CT molecular complexity index is 1010. The monoisotopic (exact) mass is 372 g/mol. The smallest absolute Gasteiger partial charge is 0.232 e. The number of benzene rings is 3. The molecule has 3 aromatic carbocycles. The van der Waals surface area contributed by atoms with E-state index < -0.39 is 5.92 Å². The Morgan fingerprint density at radius 2 is 1.61 bits per heavy atom. The molecular weight excluding hydrogens is 352 g/mol. The molecule has 28 heavy (non-hydrogen) atoms. The minimum Gasteiger partial charge on any atom is -0.457 e. The van der Waals surface area contributed by atoms with Crippen molar-refractivity contribution in [3.8, 4) is 11.5 Å². The number of hydrogen-bond donors (Lipinski definition) is 2. The van der Waals surface area contributed by atoms with Crippen LogP contribution >= 0.6 is 0 Å². The van der Waals surface area contributed by atoms with Crippen LogP contribution in [0.4, 0.5) is 11.4 Å². The number of carbonyl (C=O) groups excluding carboxylic acids is 2. The van der Waals surface area contributed by atoms with Crippen molar-refractivity contribution < 1.29 is 14.3 Å². The number of nitrogens with one attached hydrogen (secondary N) is 2. The fourth-order valence-electron chi connectivity index (χ4n) is 3.22. The van der Waals surface area contributed by atoms with E-state index in [2.05, 4.69) is 10.6 Å². The van der Waals surface area contributed by atoms with Crippen molar-refractivity contribution in [1.82, 2.24) is 0 Å². The first-order valence-electron chi connectivity index (χ1n) is 9.13. The zero-order valence-corrected chi connectivity index (χ0v) is 15.4.